The molecular weight excluding hydrogens is 232 g/mol. The first-order valence-electron chi connectivity index (χ1n) is 8.30. The van der Waals surface area contributed by atoms with Crippen molar-refractivity contribution in [2.75, 3.05) is 19.6 Å². The molecule has 19 heavy (non-hydrogen) atoms. The minimum atomic E-state index is 0.326. The molecule has 0 saturated heterocycles. The van der Waals surface area contributed by atoms with Crippen molar-refractivity contribution >= 4 is 0 Å². The Labute approximate surface area is 122 Å². The van der Waals surface area contributed by atoms with Crippen molar-refractivity contribution in [3.8, 4) is 0 Å². The third-order valence-electron chi connectivity index (χ3n) is 3.88. The van der Waals surface area contributed by atoms with Gasteiger partial charge in [-0.05, 0) is 45.2 Å². The molecule has 1 unspecified atom stereocenters. The van der Waals surface area contributed by atoms with Crippen molar-refractivity contribution in [2.24, 2.45) is 5.41 Å². The van der Waals surface area contributed by atoms with E-state index in [2.05, 4.69) is 58.7 Å². The number of hydrogen-bond donors (Lipinski definition) is 1. The van der Waals surface area contributed by atoms with Gasteiger partial charge >= 0.3 is 0 Å². The van der Waals surface area contributed by atoms with Crippen LogP contribution in [0, 0.1) is 5.41 Å². The summed E-state index contributed by atoms with van der Waals surface area (Å²) in [6, 6.07) is 1.22. The lowest BCUT2D eigenvalue weighted by Gasteiger charge is -2.38. The summed E-state index contributed by atoms with van der Waals surface area (Å²) in [4.78, 5) is 2.65. The highest BCUT2D eigenvalue weighted by atomic mass is 15.2. The van der Waals surface area contributed by atoms with Gasteiger partial charge in [0.1, 0.15) is 0 Å². The van der Waals surface area contributed by atoms with E-state index in [0.717, 1.165) is 6.54 Å². The first-order valence-corrected chi connectivity index (χ1v) is 8.30. The predicted octanol–water partition coefficient (Wildman–Crippen LogP) is 4.30. The Morgan fingerprint density at radius 3 is 2.05 bits per heavy atom. The molecule has 0 heterocycles. The van der Waals surface area contributed by atoms with E-state index in [9.17, 15) is 0 Å². The van der Waals surface area contributed by atoms with E-state index in [4.69, 9.17) is 0 Å². The molecule has 0 aliphatic rings. The molecule has 0 saturated carbocycles. The van der Waals surface area contributed by atoms with Gasteiger partial charge in [-0.3, -0.25) is 4.90 Å². The molecular formula is C17H38N2. The lowest BCUT2D eigenvalue weighted by atomic mass is 9.86. The highest BCUT2D eigenvalue weighted by Crippen LogP contribution is 2.21. The van der Waals surface area contributed by atoms with Crippen molar-refractivity contribution in [2.45, 2.75) is 86.2 Å². The molecule has 116 valence electrons. The number of nitrogens with zero attached hydrogens (tertiary/aromatic N) is 1. The smallest absolute Gasteiger partial charge is 0.0243 e. The van der Waals surface area contributed by atoms with Gasteiger partial charge in [0.15, 0.2) is 0 Å². The van der Waals surface area contributed by atoms with Crippen molar-refractivity contribution < 1.29 is 0 Å². The normalized spacial score (nSPS) is 14.4. The molecule has 1 N–H and O–H groups in total. The fourth-order valence-electron chi connectivity index (χ4n) is 2.32. The standard InChI is InChI=1S/C17H38N2/c1-8-10-11-13-19(15(3)4)14-16(17(5,6)7)18-12-9-2/h15-16,18H,8-14H2,1-7H3. The molecule has 2 heteroatoms. The van der Waals surface area contributed by atoms with Crippen LogP contribution in [0.25, 0.3) is 0 Å². The van der Waals surface area contributed by atoms with Gasteiger partial charge < -0.3 is 5.32 Å². The van der Waals surface area contributed by atoms with Crippen LogP contribution in [0.5, 0.6) is 0 Å². The predicted molar refractivity (Wildman–Crippen MR) is 87.8 cm³/mol. The Balaban J connectivity index is 4.46. The first kappa shape index (κ1) is 18.9. The molecule has 0 spiro atoms. The number of unbranched alkanes of at least 4 members (excludes halogenated alkanes) is 2. The maximum absolute atomic E-state index is 3.74. The van der Waals surface area contributed by atoms with E-state index in [-0.39, 0.29) is 0 Å². The average molecular weight is 271 g/mol. The summed E-state index contributed by atoms with van der Waals surface area (Å²) in [5, 5.41) is 3.74. The summed E-state index contributed by atoms with van der Waals surface area (Å²) in [7, 11) is 0. The van der Waals surface area contributed by atoms with E-state index in [0.29, 0.717) is 17.5 Å². The minimum absolute atomic E-state index is 0.326. The topological polar surface area (TPSA) is 15.3 Å². The minimum Gasteiger partial charge on any atom is -0.312 e. The molecule has 0 bridgehead atoms. The van der Waals surface area contributed by atoms with Crippen LogP contribution in [0.15, 0.2) is 0 Å². The number of nitrogens with one attached hydrogen (secondary N) is 1. The van der Waals surface area contributed by atoms with Crippen molar-refractivity contribution in [3.05, 3.63) is 0 Å². The number of rotatable bonds is 10. The third-order valence-corrected chi connectivity index (χ3v) is 3.88. The maximum atomic E-state index is 3.74. The molecule has 0 aliphatic heterocycles. The van der Waals surface area contributed by atoms with Gasteiger partial charge in [0.2, 0.25) is 0 Å². The van der Waals surface area contributed by atoms with Crippen molar-refractivity contribution in [3.63, 3.8) is 0 Å². The van der Waals surface area contributed by atoms with Gasteiger partial charge in [0.25, 0.3) is 0 Å². The molecule has 0 radical (unpaired) electrons. The van der Waals surface area contributed by atoms with Crippen LogP contribution in [0.2, 0.25) is 0 Å². The summed E-state index contributed by atoms with van der Waals surface area (Å²) in [5.41, 5.74) is 0.326. The molecule has 0 aromatic heterocycles. The first-order chi connectivity index (χ1) is 8.82. The van der Waals surface area contributed by atoms with E-state index in [1.54, 1.807) is 0 Å². The Morgan fingerprint density at radius 1 is 1.00 bits per heavy atom. The van der Waals surface area contributed by atoms with Crippen LogP contribution in [-0.2, 0) is 0 Å². The van der Waals surface area contributed by atoms with Gasteiger partial charge in [0, 0.05) is 18.6 Å². The summed E-state index contributed by atoms with van der Waals surface area (Å²) < 4.78 is 0. The molecule has 1 atom stereocenters. The van der Waals surface area contributed by atoms with Gasteiger partial charge in [-0.2, -0.15) is 0 Å². The average Bonchev–Trinajstić information content (AvgIpc) is 2.30. The van der Waals surface area contributed by atoms with Crippen LogP contribution in [0.4, 0.5) is 0 Å². The zero-order valence-corrected chi connectivity index (χ0v) is 14.6. The van der Waals surface area contributed by atoms with Crippen molar-refractivity contribution in [1.82, 2.24) is 10.2 Å². The molecule has 0 aromatic rings. The molecule has 0 aromatic carbocycles. The van der Waals surface area contributed by atoms with Gasteiger partial charge in [-0.15, -0.1) is 0 Å². The lowest BCUT2D eigenvalue weighted by molar-refractivity contribution is 0.144. The fourth-order valence-corrected chi connectivity index (χ4v) is 2.32. The second-order valence-corrected chi connectivity index (χ2v) is 7.17. The summed E-state index contributed by atoms with van der Waals surface area (Å²) in [6.45, 7) is 19.8. The highest BCUT2D eigenvalue weighted by Gasteiger charge is 2.26. The second-order valence-electron chi connectivity index (χ2n) is 7.17. The second kappa shape index (κ2) is 9.77. The van der Waals surface area contributed by atoms with Crippen LogP contribution in [0.1, 0.15) is 74.1 Å². The SMILES string of the molecule is CCCCCN(CC(NCCC)C(C)(C)C)C(C)C. The van der Waals surface area contributed by atoms with Gasteiger partial charge in [-0.1, -0.05) is 47.5 Å². The van der Waals surface area contributed by atoms with E-state index in [1.165, 1.54) is 38.8 Å². The zero-order chi connectivity index (χ0) is 14.9. The Bertz CT molecular complexity index is 206. The summed E-state index contributed by atoms with van der Waals surface area (Å²) in [6.07, 6.45) is 5.21. The van der Waals surface area contributed by atoms with E-state index >= 15 is 0 Å². The Hall–Kier alpha value is -0.0800. The molecule has 0 rings (SSSR count). The van der Waals surface area contributed by atoms with Crippen LogP contribution >= 0.6 is 0 Å². The highest BCUT2D eigenvalue weighted by molar-refractivity contribution is 4.84. The fraction of sp³-hybridized carbons (Fsp3) is 1.00. The monoisotopic (exact) mass is 270 g/mol. The largest absolute Gasteiger partial charge is 0.312 e. The van der Waals surface area contributed by atoms with Gasteiger partial charge in [0.05, 0.1) is 0 Å². The lowest BCUT2D eigenvalue weighted by Crippen LogP contribution is -2.50. The maximum Gasteiger partial charge on any atom is 0.0243 e. The quantitative estimate of drug-likeness (QED) is 0.595. The third kappa shape index (κ3) is 8.65. The molecule has 0 fully saturated rings. The molecule has 0 amide bonds. The van der Waals surface area contributed by atoms with E-state index < -0.39 is 0 Å². The Morgan fingerprint density at radius 2 is 1.63 bits per heavy atom. The summed E-state index contributed by atoms with van der Waals surface area (Å²) in [5.74, 6) is 0. The Kier molecular flexibility index (Phi) is 9.72. The van der Waals surface area contributed by atoms with Crippen LogP contribution in [-0.4, -0.2) is 36.6 Å². The number of hydrogen-bond acceptors (Lipinski definition) is 2. The van der Waals surface area contributed by atoms with E-state index in [1.807, 2.05) is 0 Å². The zero-order valence-electron chi connectivity index (χ0n) is 14.6. The summed E-state index contributed by atoms with van der Waals surface area (Å²) >= 11 is 0. The van der Waals surface area contributed by atoms with Crippen molar-refractivity contribution in [1.29, 1.82) is 0 Å². The molecule has 2 nitrogen and oxygen atoms in total. The molecule has 0 aliphatic carbocycles. The van der Waals surface area contributed by atoms with Gasteiger partial charge in [-0.25, -0.2) is 0 Å². The van der Waals surface area contributed by atoms with Crippen LogP contribution < -0.4 is 5.32 Å². The van der Waals surface area contributed by atoms with Crippen LogP contribution in [0.3, 0.4) is 0 Å².